The predicted octanol–water partition coefficient (Wildman–Crippen LogP) is 10.0. The fourth-order valence-corrected chi connectivity index (χ4v) is 4.01. The molecule has 0 aromatic rings. The molecule has 0 aromatic heterocycles. The van der Waals surface area contributed by atoms with Gasteiger partial charge in [-0.1, -0.05) is 148 Å². The Kier molecular flexibility index (Phi) is 25.1. The predicted molar refractivity (Wildman–Crippen MR) is 125 cm³/mol. The Hall–Kier alpha value is -0.440. The van der Waals surface area contributed by atoms with E-state index >= 15 is 0 Å². The van der Waals surface area contributed by atoms with Crippen LogP contribution < -0.4 is 0 Å². The van der Waals surface area contributed by atoms with Crippen molar-refractivity contribution < 1.29 is 0 Å². The Morgan fingerprint density at radius 1 is 0.370 bits per heavy atom. The van der Waals surface area contributed by atoms with Crippen molar-refractivity contribution in [3.63, 3.8) is 0 Å². The molecule has 0 fully saturated rings. The second-order valence-electron chi connectivity index (χ2n) is 8.73. The van der Waals surface area contributed by atoms with Crippen LogP contribution >= 0.6 is 0 Å². The molecule has 0 bridgehead atoms. The maximum absolute atomic E-state index is 5.27. The standard InChI is InChI=1S/C27H52/c1-3-5-7-9-11-13-15-17-19-21-23-25-27-26-24-22-20-18-16-14-12-10-8-6-4-2/h1H,4-27H2,2H3. The summed E-state index contributed by atoms with van der Waals surface area (Å²) in [4.78, 5) is 0. The maximum Gasteiger partial charge on any atom is 0.00860 e. The zero-order chi connectivity index (χ0) is 19.7. The summed E-state index contributed by atoms with van der Waals surface area (Å²) < 4.78 is 0. The number of rotatable bonds is 23. The van der Waals surface area contributed by atoms with E-state index in [0.717, 1.165) is 6.42 Å². The Morgan fingerprint density at radius 2 is 0.593 bits per heavy atom. The van der Waals surface area contributed by atoms with E-state index in [2.05, 4.69) is 12.8 Å². The molecule has 0 N–H and O–H groups in total. The van der Waals surface area contributed by atoms with Crippen molar-refractivity contribution in [3.8, 4) is 12.3 Å². The van der Waals surface area contributed by atoms with Crippen LogP contribution in [0.5, 0.6) is 0 Å². The van der Waals surface area contributed by atoms with Gasteiger partial charge in [-0.15, -0.1) is 12.3 Å². The van der Waals surface area contributed by atoms with Crippen LogP contribution in [0.2, 0.25) is 0 Å². The minimum absolute atomic E-state index is 0.971. The van der Waals surface area contributed by atoms with Gasteiger partial charge in [0.2, 0.25) is 0 Å². The summed E-state index contributed by atoms with van der Waals surface area (Å²) in [6, 6.07) is 0. The highest BCUT2D eigenvalue weighted by molar-refractivity contribution is 4.82. The third kappa shape index (κ3) is 25.6. The summed E-state index contributed by atoms with van der Waals surface area (Å²) in [5, 5.41) is 0. The molecule has 0 aliphatic heterocycles. The average molecular weight is 377 g/mol. The number of hydrogen-bond donors (Lipinski definition) is 0. The normalized spacial score (nSPS) is 11.0. The lowest BCUT2D eigenvalue weighted by molar-refractivity contribution is 0.518. The SMILES string of the molecule is C#CCCCCCCCCCCCCCCCCCCCCCCCCC. The fraction of sp³-hybridized carbons (Fsp3) is 0.926. The van der Waals surface area contributed by atoms with Gasteiger partial charge in [-0.25, -0.2) is 0 Å². The molecule has 0 amide bonds. The highest BCUT2D eigenvalue weighted by Gasteiger charge is 1.95. The summed E-state index contributed by atoms with van der Waals surface area (Å²) in [7, 11) is 0. The van der Waals surface area contributed by atoms with Crippen molar-refractivity contribution in [2.75, 3.05) is 0 Å². The Labute approximate surface area is 173 Å². The van der Waals surface area contributed by atoms with Crippen LogP contribution in [0.3, 0.4) is 0 Å². The van der Waals surface area contributed by atoms with Crippen LogP contribution in [0.25, 0.3) is 0 Å². The van der Waals surface area contributed by atoms with Crippen molar-refractivity contribution in [1.82, 2.24) is 0 Å². The average Bonchev–Trinajstić information content (AvgIpc) is 2.68. The molecule has 27 heavy (non-hydrogen) atoms. The Balaban J connectivity index is 2.96. The van der Waals surface area contributed by atoms with Crippen LogP contribution in [0.4, 0.5) is 0 Å². The Morgan fingerprint density at radius 3 is 0.815 bits per heavy atom. The quantitative estimate of drug-likeness (QED) is 0.123. The summed E-state index contributed by atoms with van der Waals surface area (Å²) in [6.07, 6.45) is 39.5. The van der Waals surface area contributed by atoms with Gasteiger partial charge >= 0.3 is 0 Å². The van der Waals surface area contributed by atoms with E-state index in [1.807, 2.05) is 0 Å². The smallest absolute Gasteiger partial charge is 0.00860 e. The molecule has 0 unspecified atom stereocenters. The lowest BCUT2D eigenvalue weighted by atomic mass is 10.0. The van der Waals surface area contributed by atoms with Gasteiger partial charge in [0.15, 0.2) is 0 Å². The Bertz CT molecular complexity index is 285. The molecule has 0 radical (unpaired) electrons. The molecule has 160 valence electrons. The minimum atomic E-state index is 0.971. The minimum Gasteiger partial charge on any atom is -0.120 e. The topological polar surface area (TPSA) is 0 Å². The van der Waals surface area contributed by atoms with Crippen LogP contribution in [-0.4, -0.2) is 0 Å². The van der Waals surface area contributed by atoms with E-state index in [0.29, 0.717) is 0 Å². The summed E-state index contributed by atoms with van der Waals surface area (Å²) >= 11 is 0. The van der Waals surface area contributed by atoms with E-state index in [1.54, 1.807) is 0 Å². The molecule has 0 heteroatoms. The highest BCUT2D eigenvalue weighted by atomic mass is 14.0. The molecule has 0 rings (SSSR count). The monoisotopic (exact) mass is 376 g/mol. The van der Waals surface area contributed by atoms with Crippen molar-refractivity contribution in [2.45, 2.75) is 161 Å². The summed E-state index contributed by atoms with van der Waals surface area (Å²) in [5.41, 5.74) is 0. The number of hydrogen-bond acceptors (Lipinski definition) is 0. The number of unbranched alkanes of at least 4 members (excludes halogenated alkanes) is 23. The molecular weight excluding hydrogens is 324 g/mol. The molecule has 0 aromatic carbocycles. The highest BCUT2D eigenvalue weighted by Crippen LogP contribution is 2.15. The van der Waals surface area contributed by atoms with E-state index in [4.69, 9.17) is 6.42 Å². The lowest BCUT2D eigenvalue weighted by Crippen LogP contribution is -1.84. The van der Waals surface area contributed by atoms with Crippen molar-refractivity contribution in [3.05, 3.63) is 0 Å². The van der Waals surface area contributed by atoms with Gasteiger partial charge in [0.05, 0.1) is 0 Å². The molecule has 0 aliphatic rings. The van der Waals surface area contributed by atoms with Crippen molar-refractivity contribution >= 4 is 0 Å². The molecule has 0 atom stereocenters. The zero-order valence-electron chi connectivity index (χ0n) is 19.0. The van der Waals surface area contributed by atoms with Crippen LogP contribution in [0, 0.1) is 12.3 Å². The van der Waals surface area contributed by atoms with Gasteiger partial charge in [0, 0.05) is 6.42 Å². The first-order valence-corrected chi connectivity index (χ1v) is 12.8. The molecular formula is C27H52. The van der Waals surface area contributed by atoms with E-state index in [9.17, 15) is 0 Å². The first-order valence-electron chi connectivity index (χ1n) is 12.8. The first kappa shape index (κ1) is 26.6. The molecule has 0 spiro atoms. The molecule has 0 saturated carbocycles. The van der Waals surface area contributed by atoms with E-state index in [-0.39, 0.29) is 0 Å². The third-order valence-corrected chi connectivity index (χ3v) is 5.92. The summed E-state index contributed by atoms with van der Waals surface area (Å²) in [5.74, 6) is 2.73. The second kappa shape index (κ2) is 25.6. The van der Waals surface area contributed by atoms with Crippen LogP contribution in [0.15, 0.2) is 0 Å². The van der Waals surface area contributed by atoms with Gasteiger partial charge in [0.1, 0.15) is 0 Å². The maximum atomic E-state index is 5.27. The van der Waals surface area contributed by atoms with Gasteiger partial charge in [-0.3, -0.25) is 0 Å². The van der Waals surface area contributed by atoms with Crippen molar-refractivity contribution in [1.29, 1.82) is 0 Å². The molecule has 0 heterocycles. The molecule has 0 aliphatic carbocycles. The zero-order valence-corrected chi connectivity index (χ0v) is 19.0. The second-order valence-corrected chi connectivity index (χ2v) is 8.73. The van der Waals surface area contributed by atoms with E-state index in [1.165, 1.54) is 148 Å². The fourth-order valence-electron chi connectivity index (χ4n) is 4.01. The van der Waals surface area contributed by atoms with Gasteiger partial charge in [-0.05, 0) is 6.42 Å². The van der Waals surface area contributed by atoms with Crippen LogP contribution in [-0.2, 0) is 0 Å². The van der Waals surface area contributed by atoms with Gasteiger partial charge in [-0.2, -0.15) is 0 Å². The van der Waals surface area contributed by atoms with Crippen molar-refractivity contribution in [2.24, 2.45) is 0 Å². The lowest BCUT2D eigenvalue weighted by Gasteiger charge is -2.04. The summed E-state index contributed by atoms with van der Waals surface area (Å²) in [6.45, 7) is 2.30. The molecule has 0 saturated heterocycles. The third-order valence-electron chi connectivity index (χ3n) is 5.92. The first-order chi connectivity index (χ1) is 13.4. The van der Waals surface area contributed by atoms with Crippen LogP contribution in [0.1, 0.15) is 161 Å². The van der Waals surface area contributed by atoms with Gasteiger partial charge < -0.3 is 0 Å². The van der Waals surface area contributed by atoms with Gasteiger partial charge in [0.25, 0.3) is 0 Å². The number of terminal acetylenes is 1. The van der Waals surface area contributed by atoms with E-state index < -0.39 is 0 Å². The molecule has 0 nitrogen and oxygen atoms in total. The largest absolute Gasteiger partial charge is 0.120 e.